The van der Waals surface area contributed by atoms with Crippen molar-refractivity contribution < 1.29 is 10.2 Å². The number of benzene rings is 3. The maximum atomic E-state index is 10.3. The van der Waals surface area contributed by atoms with Crippen LogP contribution in [0.3, 0.4) is 0 Å². The maximum absolute atomic E-state index is 10.3. The fourth-order valence-corrected chi connectivity index (χ4v) is 4.56. The van der Waals surface area contributed by atoms with Crippen molar-refractivity contribution in [3.63, 3.8) is 0 Å². The first-order chi connectivity index (χ1) is 14.0. The van der Waals surface area contributed by atoms with Crippen molar-refractivity contribution in [1.29, 1.82) is 0 Å². The molecule has 0 aliphatic rings. The molecule has 0 aromatic heterocycles. The van der Waals surface area contributed by atoms with E-state index in [0.717, 1.165) is 33.4 Å². The molecule has 30 heavy (non-hydrogen) atoms. The summed E-state index contributed by atoms with van der Waals surface area (Å²) in [6.45, 7) is 16.6. The number of hydrogen-bond donors (Lipinski definition) is 2. The summed E-state index contributed by atoms with van der Waals surface area (Å²) in [5.74, 6) is 1.28. The molecule has 0 saturated carbocycles. The second-order valence-electron chi connectivity index (χ2n) is 8.88. The lowest BCUT2D eigenvalue weighted by molar-refractivity contribution is 0.465. The van der Waals surface area contributed by atoms with Crippen LogP contribution in [0.1, 0.15) is 81.3 Å². The SMILES string of the molecule is Cc1cc(C(C)c2cccc(C(C)c3cc(C)c(O)c(C)c3C)c2)c(C)c(C)c1O. The van der Waals surface area contributed by atoms with Gasteiger partial charge < -0.3 is 10.2 Å². The van der Waals surface area contributed by atoms with E-state index in [1.165, 1.54) is 22.3 Å². The van der Waals surface area contributed by atoms with E-state index in [2.05, 4.69) is 64.1 Å². The van der Waals surface area contributed by atoms with Crippen molar-refractivity contribution >= 4 is 0 Å². The van der Waals surface area contributed by atoms with Crippen LogP contribution in [-0.4, -0.2) is 10.2 Å². The third kappa shape index (κ3) is 3.71. The zero-order valence-electron chi connectivity index (χ0n) is 19.5. The lowest BCUT2D eigenvalue weighted by atomic mass is 9.83. The first-order valence-electron chi connectivity index (χ1n) is 10.7. The molecule has 2 atom stereocenters. The van der Waals surface area contributed by atoms with E-state index in [1.807, 2.05) is 27.7 Å². The molecule has 0 aliphatic carbocycles. The van der Waals surface area contributed by atoms with Gasteiger partial charge in [-0.15, -0.1) is 0 Å². The number of phenols is 2. The van der Waals surface area contributed by atoms with Gasteiger partial charge in [-0.1, -0.05) is 50.2 Å². The van der Waals surface area contributed by atoms with Gasteiger partial charge in [0, 0.05) is 11.8 Å². The zero-order valence-corrected chi connectivity index (χ0v) is 19.5. The summed E-state index contributed by atoms with van der Waals surface area (Å²) in [6.07, 6.45) is 0. The largest absolute Gasteiger partial charge is 0.507 e. The average Bonchev–Trinajstić information content (AvgIpc) is 2.74. The molecule has 3 aromatic carbocycles. The number of aryl methyl sites for hydroxylation is 2. The monoisotopic (exact) mass is 402 g/mol. The van der Waals surface area contributed by atoms with Gasteiger partial charge in [0.05, 0.1) is 0 Å². The summed E-state index contributed by atoms with van der Waals surface area (Å²) < 4.78 is 0. The second kappa shape index (κ2) is 8.18. The topological polar surface area (TPSA) is 40.5 Å². The van der Waals surface area contributed by atoms with Crippen LogP contribution in [0.15, 0.2) is 36.4 Å². The van der Waals surface area contributed by atoms with Gasteiger partial charge in [0.2, 0.25) is 0 Å². The van der Waals surface area contributed by atoms with Crippen LogP contribution in [0.25, 0.3) is 0 Å². The maximum Gasteiger partial charge on any atom is 0.121 e. The van der Waals surface area contributed by atoms with Gasteiger partial charge in [-0.25, -0.2) is 0 Å². The van der Waals surface area contributed by atoms with Crippen molar-refractivity contribution in [2.45, 2.75) is 67.2 Å². The Balaban J connectivity index is 2.04. The van der Waals surface area contributed by atoms with Crippen LogP contribution < -0.4 is 0 Å². The van der Waals surface area contributed by atoms with E-state index in [-0.39, 0.29) is 11.8 Å². The van der Waals surface area contributed by atoms with Crippen LogP contribution in [0.4, 0.5) is 0 Å². The smallest absolute Gasteiger partial charge is 0.121 e. The first-order valence-corrected chi connectivity index (χ1v) is 10.7. The van der Waals surface area contributed by atoms with E-state index in [4.69, 9.17) is 0 Å². The summed E-state index contributed by atoms with van der Waals surface area (Å²) in [5, 5.41) is 20.6. The van der Waals surface area contributed by atoms with Crippen LogP contribution in [-0.2, 0) is 0 Å². The second-order valence-corrected chi connectivity index (χ2v) is 8.88. The highest BCUT2D eigenvalue weighted by Crippen LogP contribution is 2.37. The van der Waals surface area contributed by atoms with Crippen molar-refractivity contribution in [2.75, 3.05) is 0 Å². The van der Waals surface area contributed by atoms with Crippen molar-refractivity contribution in [1.82, 2.24) is 0 Å². The van der Waals surface area contributed by atoms with Gasteiger partial charge in [-0.05, 0) is 97.2 Å². The molecule has 2 nitrogen and oxygen atoms in total. The molecule has 2 unspecified atom stereocenters. The van der Waals surface area contributed by atoms with Gasteiger partial charge >= 0.3 is 0 Å². The van der Waals surface area contributed by atoms with Crippen LogP contribution in [0.5, 0.6) is 11.5 Å². The summed E-state index contributed by atoms with van der Waals surface area (Å²) in [7, 11) is 0. The summed E-state index contributed by atoms with van der Waals surface area (Å²) >= 11 is 0. The van der Waals surface area contributed by atoms with E-state index < -0.39 is 0 Å². The normalized spacial score (nSPS) is 13.3. The molecular weight excluding hydrogens is 368 g/mol. The Hall–Kier alpha value is -2.74. The van der Waals surface area contributed by atoms with Crippen LogP contribution >= 0.6 is 0 Å². The standard InChI is InChI=1S/C28H34O2/c1-15-12-25(17(3)19(5)27(15)29)21(7)23-10-9-11-24(14-23)22(8)26-13-16(2)28(30)20(6)18(26)4/h9-14,21-22,29-30H,1-8H3. The van der Waals surface area contributed by atoms with Crippen LogP contribution in [0.2, 0.25) is 0 Å². The molecule has 0 aliphatic heterocycles. The Labute approximate surface area is 181 Å². The molecule has 0 fully saturated rings. The number of rotatable bonds is 4. The fourth-order valence-electron chi connectivity index (χ4n) is 4.56. The lowest BCUT2D eigenvalue weighted by Crippen LogP contribution is -2.05. The Morgan fingerprint density at radius 1 is 0.567 bits per heavy atom. The predicted molar refractivity (Wildman–Crippen MR) is 126 cm³/mol. The average molecular weight is 403 g/mol. The minimum absolute atomic E-state index is 0.236. The molecular formula is C28H34O2. The minimum Gasteiger partial charge on any atom is -0.507 e. The van der Waals surface area contributed by atoms with Crippen LogP contribution in [0, 0.1) is 41.5 Å². The van der Waals surface area contributed by atoms with Gasteiger partial charge in [0.25, 0.3) is 0 Å². The molecule has 158 valence electrons. The highest BCUT2D eigenvalue weighted by atomic mass is 16.3. The third-order valence-electron chi connectivity index (χ3n) is 7.04. The Morgan fingerprint density at radius 2 is 0.933 bits per heavy atom. The van der Waals surface area contributed by atoms with E-state index in [1.54, 1.807) is 0 Å². The molecule has 0 amide bonds. The molecule has 0 heterocycles. The van der Waals surface area contributed by atoms with E-state index in [9.17, 15) is 10.2 Å². The fraction of sp³-hybridized carbons (Fsp3) is 0.357. The summed E-state index contributed by atoms with van der Waals surface area (Å²) in [5.41, 5.74) is 11.2. The molecule has 0 bridgehead atoms. The highest BCUT2D eigenvalue weighted by Gasteiger charge is 2.19. The van der Waals surface area contributed by atoms with E-state index in [0.29, 0.717) is 11.5 Å². The zero-order chi connectivity index (χ0) is 22.3. The molecule has 0 saturated heterocycles. The Morgan fingerprint density at radius 3 is 1.30 bits per heavy atom. The summed E-state index contributed by atoms with van der Waals surface area (Å²) in [4.78, 5) is 0. The predicted octanol–water partition coefficient (Wildman–Crippen LogP) is 7.25. The Bertz CT molecular complexity index is 1020. The molecule has 2 heteroatoms. The molecule has 3 rings (SSSR count). The highest BCUT2D eigenvalue weighted by molar-refractivity contribution is 5.53. The number of aromatic hydroxyl groups is 2. The number of phenolic OH excluding ortho intramolecular Hbond substituents is 2. The molecule has 0 spiro atoms. The summed E-state index contributed by atoms with van der Waals surface area (Å²) in [6, 6.07) is 13.1. The van der Waals surface area contributed by atoms with Crippen molar-refractivity contribution in [3.8, 4) is 11.5 Å². The minimum atomic E-state index is 0.236. The van der Waals surface area contributed by atoms with Crippen molar-refractivity contribution in [2.24, 2.45) is 0 Å². The molecule has 2 N–H and O–H groups in total. The lowest BCUT2D eigenvalue weighted by Gasteiger charge is -2.22. The van der Waals surface area contributed by atoms with Gasteiger partial charge in [-0.3, -0.25) is 0 Å². The number of hydrogen-bond acceptors (Lipinski definition) is 2. The molecule has 3 aromatic rings. The third-order valence-corrected chi connectivity index (χ3v) is 7.04. The molecule has 0 radical (unpaired) electrons. The first kappa shape index (κ1) is 22.0. The van der Waals surface area contributed by atoms with Gasteiger partial charge in [-0.2, -0.15) is 0 Å². The van der Waals surface area contributed by atoms with E-state index >= 15 is 0 Å². The Kier molecular flexibility index (Phi) is 5.99. The van der Waals surface area contributed by atoms with Crippen molar-refractivity contribution in [3.05, 3.63) is 92.0 Å². The van der Waals surface area contributed by atoms with Gasteiger partial charge in [0.1, 0.15) is 11.5 Å². The van der Waals surface area contributed by atoms with Gasteiger partial charge in [0.15, 0.2) is 0 Å². The quantitative estimate of drug-likeness (QED) is 0.482.